The first kappa shape index (κ1) is 24.8. The first-order chi connectivity index (χ1) is 17.6. The zero-order valence-electron chi connectivity index (χ0n) is 21.0. The zero-order chi connectivity index (χ0) is 24.9. The Labute approximate surface area is 213 Å². The third-order valence-corrected chi connectivity index (χ3v) is 7.90. The Kier molecular flexibility index (Phi) is 7.85. The number of carbonyl (C=O) groups excluding carboxylic acids is 1. The third-order valence-electron chi connectivity index (χ3n) is 7.90. The first-order valence-corrected chi connectivity index (χ1v) is 13.6. The molecular weight excluding hydrogens is 452 g/mol. The monoisotopic (exact) mass is 490 g/mol. The summed E-state index contributed by atoms with van der Waals surface area (Å²) in [5.41, 5.74) is 4.42. The number of nitrogens with one attached hydrogen (secondary N) is 2. The molecule has 2 aromatic rings. The largest absolute Gasteiger partial charge is 0.481 e. The lowest BCUT2D eigenvalue weighted by Crippen LogP contribution is -2.44. The predicted molar refractivity (Wildman–Crippen MR) is 140 cm³/mol. The summed E-state index contributed by atoms with van der Waals surface area (Å²) in [6.45, 7) is 3.84. The number of likely N-dealkylation sites (tertiary alicyclic amines) is 1. The van der Waals surface area contributed by atoms with Crippen LogP contribution < -0.4 is 10.6 Å². The van der Waals surface area contributed by atoms with Crippen molar-refractivity contribution in [1.82, 2.24) is 15.2 Å². The van der Waals surface area contributed by atoms with Crippen LogP contribution in [0.15, 0.2) is 36.4 Å². The summed E-state index contributed by atoms with van der Waals surface area (Å²) in [6, 6.07) is 12.2. The van der Waals surface area contributed by atoms with Gasteiger partial charge in [-0.25, -0.2) is 4.98 Å². The van der Waals surface area contributed by atoms with Crippen LogP contribution in [0.25, 0.3) is 0 Å². The van der Waals surface area contributed by atoms with Gasteiger partial charge in [0.15, 0.2) is 0 Å². The molecule has 36 heavy (non-hydrogen) atoms. The van der Waals surface area contributed by atoms with Gasteiger partial charge in [-0.3, -0.25) is 9.59 Å². The standard InChI is InChI=1S/C29H38N4O3/c34-28(31-18-26(29(35)36)25-10-2-1-9-24(25)20-11-12-20)22-7-4-16-33(19-22)17-5-8-23-14-13-21-6-3-15-30-27(21)32-23/h1-2,9-10,13-14,20,22,26H,3-8,11-12,15-19H2,(H,30,32)(H,31,34)(H,35,36)/t22-,26?/m1/s1. The lowest BCUT2D eigenvalue weighted by atomic mass is 9.91. The van der Waals surface area contributed by atoms with Gasteiger partial charge < -0.3 is 20.6 Å². The lowest BCUT2D eigenvalue weighted by Gasteiger charge is -2.32. The van der Waals surface area contributed by atoms with Crippen LogP contribution in [0.4, 0.5) is 5.82 Å². The second kappa shape index (κ2) is 11.4. The van der Waals surface area contributed by atoms with Crippen molar-refractivity contribution in [3.8, 4) is 0 Å². The molecule has 0 radical (unpaired) electrons. The van der Waals surface area contributed by atoms with Crippen molar-refractivity contribution in [2.45, 2.75) is 63.2 Å². The smallest absolute Gasteiger partial charge is 0.312 e. The fraction of sp³-hybridized carbons (Fsp3) is 0.552. The van der Waals surface area contributed by atoms with Crippen molar-refractivity contribution in [1.29, 1.82) is 0 Å². The van der Waals surface area contributed by atoms with E-state index >= 15 is 0 Å². The Morgan fingerprint density at radius 3 is 2.83 bits per heavy atom. The van der Waals surface area contributed by atoms with Gasteiger partial charge in [-0.2, -0.15) is 0 Å². The van der Waals surface area contributed by atoms with E-state index in [-0.39, 0.29) is 18.4 Å². The SMILES string of the molecule is O=C(O)C(CNC(=O)[C@@H]1CCCN(CCCc2ccc3c(n2)NCCC3)C1)c1ccccc1C1CC1. The number of pyridine rings is 1. The van der Waals surface area contributed by atoms with E-state index < -0.39 is 11.9 Å². The van der Waals surface area contributed by atoms with Crippen LogP contribution in [-0.2, 0) is 22.4 Å². The molecule has 3 N–H and O–H groups in total. The number of benzene rings is 1. The van der Waals surface area contributed by atoms with Gasteiger partial charge in [-0.1, -0.05) is 30.3 Å². The second-order valence-electron chi connectivity index (χ2n) is 10.6. The number of aliphatic carboxylic acids is 1. The minimum atomic E-state index is -0.875. The number of rotatable bonds is 10. The quantitative estimate of drug-likeness (QED) is 0.467. The summed E-state index contributed by atoms with van der Waals surface area (Å²) in [7, 11) is 0. The molecule has 192 valence electrons. The second-order valence-corrected chi connectivity index (χ2v) is 10.6. The highest BCUT2D eigenvalue weighted by Gasteiger charge is 2.32. The molecule has 1 saturated heterocycles. The Morgan fingerprint density at radius 1 is 1.14 bits per heavy atom. The number of aryl methyl sites for hydroxylation is 2. The number of hydrogen-bond acceptors (Lipinski definition) is 5. The molecule has 3 heterocycles. The summed E-state index contributed by atoms with van der Waals surface area (Å²) in [4.78, 5) is 32.3. The van der Waals surface area contributed by atoms with Crippen molar-refractivity contribution in [3.05, 3.63) is 58.8 Å². The number of nitrogens with zero attached hydrogens (tertiary/aromatic N) is 2. The molecule has 2 aliphatic heterocycles. The summed E-state index contributed by atoms with van der Waals surface area (Å²) >= 11 is 0. The van der Waals surface area contributed by atoms with Crippen LogP contribution in [0.5, 0.6) is 0 Å². The Hall–Kier alpha value is -2.93. The highest BCUT2D eigenvalue weighted by atomic mass is 16.4. The van der Waals surface area contributed by atoms with E-state index in [1.54, 1.807) is 0 Å². The molecule has 1 amide bonds. The van der Waals surface area contributed by atoms with E-state index in [1.165, 1.54) is 12.0 Å². The van der Waals surface area contributed by atoms with E-state index in [2.05, 4.69) is 27.7 Å². The van der Waals surface area contributed by atoms with Crippen LogP contribution >= 0.6 is 0 Å². The number of carboxylic acids is 1. The zero-order valence-corrected chi connectivity index (χ0v) is 21.0. The van der Waals surface area contributed by atoms with Crippen molar-refractivity contribution >= 4 is 17.7 Å². The van der Waals surface area contributed by atoms with Crippen molar-refractivity contribution in [2.24, 2.45) is 5.92 Å². The molecule has 1 saturated carbocycles. The van der Waals surface area contributed by atoms with Crippen LogP contribution in [0, 0.1) is 5.92 Å². The minimum absolute atomic E-state index is 0.0164. The number of piperidine rings is 1. The van der Waals surface area contributed by atoms with Crippen molar-refractivity contribution < 1.29 is 14.7 Å². The number of anilines is 1. The fourth-order valence-electron chi connectivity index (χ4n) is 5.74. The van der Waals surface area contributed by atoms with Crippen LogP contribution in [0.3, 0.4) is 0 Å². The maximum atomic E-state index is 13.0. The maximum absolute atomic E-state index is 13.0. The van der Waals surface area contributed by atoms with Gasteiger partial charge in [0.1, 0.15) is 5.82 Å². The molecule has 3 aliphatic rings. The van der Waals surface area contributed by atoms with Gasteiger partial charge in [-0.05, 0) is 93.1 Å². The third kappa shape index (κ3) is 6.06. The van der Waals surface area contributed by atoms with Gasteiger partial charge in [0, 0.05) is 25.3 Å². The number of carbonyl (C=O) groups is 2. The number of amides is 1. The van der Waals surface area contributed by atoms with E-state index in [0.717, 1.165) is 93.8 Å². The van der Waals surface area contributed by atoms with Crippen molar-refractivity contribution in [2.75, 3.05) is 38.0 Å². The number of aromatic nitrogens is 1. The van der Waals surface area contributed by atoms with Gasteiger partial charge in [0.05, 0.1) is 11.8 Å². The normalized spacial score (nSPS) is 20.7. The molecule has 1 aromatic heterocycles. The van der Waals surface area contributed by atoms with Gasteiger partial charge in [0.25, 0.3) is 0 Å². The maximum Gasteiger partial charge on any atom is 0.312 e. The molecule has 1 unspecified atom stereocenters. The summed E-state index contributed by atoms with van der Waals surface area (Å²) in [5, 5.41) is 16.3. The van der Waals surface area contributed by atoms with Crippen LogP contribution in [-0.4, -0.2) is 59.6 Å². The topological polar surface area (TPSA) is 94.6 Å². The first-order valence-electron chi connectivity index (χ1n) is 13.6. The molecule has 0 spiro atoms. The van der Waals surface area contributed by atoms with Gasteiger partial charge in [0.2, 0.25) is 5.91 Å². The van der Waals surface area contributed by atoms with Crippen molar-refractivity contribution in [3.63, 3.8) is 0 Å². The molecule has 1 aromatic carbocycles. The summed E-state index contributed by atoms with van der Waals surface area (Å²) in [6.07, 6.45) is 8.31. The highest BCUT2D eigenvalue weighted by molar-refractivity contribution is 5.81. The van der Waals surface area contributed by atoms with Gasteiger partial charge >= 0.3 is 5.97 Å². The molecule has 2 fully saturated rings. The van der Waals surface area contributed by atoms with E-state index in [0.29, 0.717) is 5.92 Å². The molecule has 7 nitrogen and oxygen atoms in total. The summed E-state index contributed by atoms with van der Waals surface area (Å²) in [5.74, 6) is -0.162. The minimum Gasteiger partial charge on any atom is -0.481 e. The average Bonchev–Trinajstić information content (AvgIpc) is 3.74. The molecule has 1 aliphatic carbocycles. The Morgan fingerprint density at radius 2 is 2.00 bits per heavy atom. The molecule has 5 rings (SSSR count). The summed E-state index contributed by atoms with van der Waals surface area (Å²) < 4.78 is 0. The lowest BCUT2D eigenvalue weighted by molar-refractivity contribution is -0.138. The van der Waals surface area contributed by atoms with Crippen LogP contribution in [0.1, 0.15) is 72.7 Å². The predicted octanol–water partition coefficient (Wildman–Crippen LogP) is 3.95. The Balaban J connectivity index is 1.11. The van der Waals surface area contributed by atoms with Gasteiger partial charge in [-0.15, -0.1) is 0 Å². The molecule has 7 heteroatoms. The van der Waals surface area contributed by atoms with Crippen LogP contribution in [0.2, 0.25) is 0 Å². The van der Waals surface area contributed by atoms with E-state index in [4.69, 9.17) is 4.98 Å². The number of fused-ring (bicyclic) bond motifs is 1. The fourth-order valence-corrected chi connectivity index (χ4v) is 5.74. The number of hydrogen-bond donors (Lipinski definition) is 3. The molecular formula is C29H38N4O3. The highest BCUT2D eigenvalue weighted by Crippen LogP contribution is 2.43. The molecule has 0 bridgehead atoms. The molecule has 2 atom stereocenters. The number of carboxylic acid groups (broad SMARTS) is 1. The van der Waals surface area contributed by atoms with E-state index in [9.17, 15) is 14.7 Å². The Bertz CT molecular complexity index is 1080. The van der Waals surface area contributed by atoms with E-state index in [1.807, 2.05) is 24.3 Å². The average molecular weight is 491 g/mol.